The number of nitrogens with one attached hydrogen (secondary N) is 1. The lowest BCUT2D eigenvalue weighted by molar-refractivity contribution is -0.873. The van der Waals surface area contributed by atoms with Crippen LogP contribution in [-0.4, -0.2) is 90.1 Å². The number of β-lactam (4-membered cyclic amide) rings is 1. The smallest absolute Gasteiger partial charge is 0.355 e. The van der Waals surface area contributed by atoms with Crippen LogP contribution in [0.2, 0.25) is 0 Å². The number of carboxylic acid groups (broad SMARTS) is 1. The lowest BCUT2D eigenvalue weighted by Crippen LogP contribution is -2.71. The second kappa shape index (κ2) is 10.3. The molecule has 1 fully saturated rings. The van der Waals surface area contributed by atoms with E-state index in [9.17, 15) is 24.3 Å². The number of carbonyl (C=O) groups is 4. The highest BCUT2D eigenvalue weighted by atomic mass is 32.2. The van der Waals surface area contributed by atoms with Crippen molar-refractivity contribution in [1.82, 2.24) is 10.2 Å². The molecular weight excluding hydrogens is 460 g/mol. The minimum absolute atomic E-state index is 0.105. The number of carboxylic acids is 1. The van der Waals surface area contributed by atoms with Gasteiger partial charge in [-0.15, -0.1) is 11.8 Å². The lowest BCUT2D eigenvalue weighted by atomic mass is 9.97. The Bertz CT molecular complexity index is 967. The molecule has 0 spiro atoms. The first kappa shape index (κ1) is 26.0. The van der Waals surface area contributed by atoms with Gasteiger partial charge in [0.2, 0.25) is 5.91 Å². The van der Waals surface area contributed by atoms with E-state index < -0.39 is 53.7 Å². The van der Waals surface area contributed by atoms with Crippen LogP contribution >= 0.6 is 11.8 Å². The number of carbonyl (C=O) groups excluding carboxylic acids is 4. The standard InChI is InChI=1S/C23H32N4O6S/c1-13-12-34-22-18(25-20(30)17(24)14-8-6-5-7-9-14)21(31)26(22)19(13)23(32)33-15(10-16(28)29)11-27(2,3)4/h5-6,9,15,17-18,22H,7-8,10-12,24H2,1-4H3,(H-,25,28,29,30)/t15?,17-,18-,22-/m1/s1. The molecule has 0 bridgehead atoms. The summed E-state index contributed by atoms with van der Waals surface area (Å²) in [7, 11) is 5.56. The van der Waals surface area contributed by atoms with Crippen LogP contribution < -0.4 is 16.2 Å². The van der Waals surface area contributed by atoms with Gasteiger partial charge in [-0.1, -0.05) is 18.2 Å². The van der Waals surface area contributed by atoms with E-state index in [1.54, 1.807) is 6.92 Å². The lowest BCUT2D eigenvalue weighted by Gasteiger charge is -2.49. The van der Waals surface area contributed by atoms with Gasteiger partial charge in [0.1, 0.15) is 29.7 Å². The second-order valence-electron chi connectivity index (χ2n) is 9.77. The third-order valence-electron chi connectivity index (χ3n) is 5.79. The van der Waals surface area contributed by atoms with E-state index in [1.165, 1.54) is 16.7 Å². The van der Waals surface area contributed by atoms with Gasteiger partial charge in [0.05, 0.1) is 21.1 Å². The first-order chi connectivity index (χ1) is 15.9. The molecule has 34 heavy (non-hydrogen) atoms. The summed E-state index contributed by atoms with van der Waals surface area (Å²) < 4.78 is 5.90. The summed E-state index contributed by atoms with van der Waals surface area (Å²) in [6.45, 7) is 1.99. The van der Waals surface area contributed by atoms with E-state index in [0.29, 0.717) is 28.7 Å². The highest BCUT2D eigenvalue weighted by Crippen LogP contribution is 2.40. The number of ether oxygens (including phenoxy) is 1. The van der Waals surface area contributed by atoms with Crippen molar-refractivity contribution in [2.75, 3.05) is 33.4 Å². The molecule has 186 valence electrons. The van der Waals surface area contributed by atoms with E-state index in [-0.39, 0.29) is 12.2 Å². The van der Waals surface area contributed by atoms with Gasteiger partial charge < -0.3 is 30.2 Å². The van der Waals surface area contributed by atoms with Gasteiger partial charge in [-0.2, -0.15) is 0 Å². The number of thioether (sulfide) groups is 1. The number of aliphatic carboxylic acids is 1. The quantitative estimate of drug-likeness (QED) is 0.181. The van der Waals surface area contributed by atoms with Gasteiger partial charge in [0.25, 0.3) is 5.91 Å². The molecule has 0 radical (unpaired) electrons. The van der Waals surface area contributed by atoms with Crippen molar-refractivity contribution in [3.63, 3.8) is 0 Å². The van der Waals surface area contributed by atoms with E-state index in [1.807, 2.05) is 39.4 Å². The number of nitrogens with two attached hydrogens (primary N) is 1. The number of likely N-dealkylation sites (N-methyl/N-ethyl adjacent to an activating group) is 1. The number of hydrogen-bond acceptors (Lipinski definition) is 8. The Kier molecular flexibility index (Phi) is 7.89. The first-order valence-electron chi connectivity index (χ1n) is 11.1. The summed E-state index contributed by atoms with van der Waals surface area (Å²) in [5, 5.41) is 13.4. The summed E-state index contributed by atoms with van der Waals surface area (Å²) in [6, 6.07) is -1.65. The number of rotatable bonds is 9. The van der Waals surface area contributed by atoms with Crippen LogP contribution in [-0.2, 0) is 23.9 Å². The molecular formula is C23H32N4O6S. The second-order valence-corrected chi connectivity index (χ2v) is 10.9. The zero-order chi connectivity index (χ0) is 25.2. The molecule has 3 rings (SSSR count). The average molecular weight is 493 g/mol. The summed E-state index contributed by atoms with van der Waals surface area (Å²) in [5.74, 6) is -2.47. The Morgan fingerprint density at radius 3 is 2.62 bits per heavy atom. The molecule has 4 atom stereocenters. The molecule has 1 unspecified atom stereocenters. The summed E-state index contributed by atoms with van der Waals surface area (Å²) >= 11 is 1.43. The van der Waals surface area contributed by atoms with Crippen molar-refractivity contribution >= 4 is 35.5 Å². The van der Waals surface area contributed by atoms with E-state index in [4.69, 9.17) is 10.5 Å². The van der Waals surface area contributed by atoms with Crippen LogP contribution in [0.15, 0.2) is 35.1 Å². The fraction of sp³-hybridized carbons (Fsp3) is 0.565. The predicted octanol–water partition coefficient (Wildman–Crippen LogP) is -0.978. The number of quaternary nitrogens is 1. The monoisotopic (exact) mass is 492 g/mol. The predicted molar refractivity (Wildman–Crippen MR) is 125 cm³/mol. The zero-order valence-corrected chi connectivity index (χ0v) is 20.7. The van der Waals surface area contributed by atoms with E-state index in [2.05, 4.69) is 5.32 Å². The third-order valence-corrected chi connectivity index (χ3v) is 7.21. The van der Waals surface area contributed by atoms with Crippen molar-refractivity contribution in [1.29, 1.82) is 0 Å². The molecule has 0 aromatic rings. The zero-order valence-electron chi connectivity index (χ0n) is 19.9. The minimum atomic E-state index is -1.32. The van der Waals surface area contributed by atoms with Crippen molar-refractivity contribution in [2.45, 2.75) is 49.7 Å². The van der Waals surface area contributed by atoms with Crippen molar-refractivity contribution in [2.24, 2.45) is 5.73 Å². The molecule has 1 aliphatic carbocycles. The number of amides is 2. The van der Waals surface area contributed by atoms with Crippen molar-refractivity contribution in [3.8, 4) is 0 Å². The van der Waals surface area contributed by atoms with Gasteiger partial charge in [-0.05, 0) is 30.9 Å². The van der Waals surface area contributed by atoms with Gasteiger partial charge in [-0.3, -0.25) is 14.5 Å². The molecule has 2 amide bonds. The number of fused-ring (bicyclic) bond motifs is 1. The largest absolute Gasteiger partial charge is 0.550 e. The normalized spacial score (nSPS) is 24.0. The van der Waals surface area contributed by atoms with Crippen LogP contribution in [0.1, 0.15) is 26.2 Å². The Labute approximate surface area is 203 Å². The summed E-state index contributed by atoms with van der Waals surface area (Å²) in [6.07, 6.45) is 5.81. The Morgan fingerprint density at radius 1 is 1.32 bits per heavy atom. The Hall–Kier alpha value is -2.63. The molecule has 0 aromatic carbocycles. The Morgan fingerprint density at radius 2 is 2.03 bits per heavy atom. The first-order valence-corrected chi connectivity index (χ1v) is 12.2. The number of hydrogen-bond donors (Lipinski definition) is 2. The van der Waals surface area contributed by atoms with Crippen molar-refractivity contribution < 1.29 is 33.5 Å². The summed E-state index contributed by atoms with van der Waals surface area (Å²) in [4.78, 5) is 51.2. The molecule has 1 saturated heterocycles. The van der Waals surface area contributed by atoms with Crippen LogP contribution in [0.4, 0.5) is 0 Å². The minimum Gasteiger partial charge on any atom is -0.550 e. The maximum atomic E-state index is 13.0. The fourth-order valence-corrected chi connectivity index (χ4v) is 5.49. The molecule has 11 heteroatoms. The van der Waals surface area contributed by atoms with Crippen LogP contribution in [0.25, 0.3) is 0 Å². The van der Waals surface area contributed by atoms with Gasteiger partial charge >= 0.3 is 5.97 Å². The molecule has 0 aromatic heterocycles. The Balaban J connectivity index is 1.69. The maximum Gasteiger partial charge on any atom is 0.355 e. The summed E-state index contributed by atoms with van der Waals surface area (Å²) in [5.41, 5.74) is 7.65. The third kappa shape index (κ3) is 5.89. The number of nitrogens with zero attached hydrogens (tertiary/aromatic N) is 2. The average Bonchev–Trinajstić information content (AvgIpc) is 2.75. The van der Waals surface area contributed by atoms with Crippen LogP contribution in [0, 0.1) is 0 Å². The van der Waals surface area contributed by atoms with E-state index >= 15 is 0 Å². The SMILES string of the molecule is CC1=C(C(=O)OC(CC(=O)[O-])C[N+](C)(C)C)N2C(=O)[C@@H](NC(=O)[C@H](N)C3=CCC=CC3)[C@H]2SC1. The molecule has 2 aliphatic heterocycles. The van der Waals surface area contributed by atoms with Gasteiger partial charge in [0.15, 0.2) is 6.10 Å². The molecule has 0 saturated carbocycles. The topological polar surface area (TPSA) is 142 Å². The van der Waals surface area contributed by atoms with Crippen LogP contribution in [0.5, 0.6) is 0 Å². The van der Waals surface area contributed by atoms with E-state index in [0.717, 1.165) is 5.57 Å². The molecule has 10 nitrogen and oxygen atoms in total. The fourth-order valence-electron chi connectivity index (χ4n) is 4.19. The van der Waals surface area contributed by atoms with Crippen molar-refractivity contribution in [3.05, 3.63) is 35.1 Å². The molecule has 3 N–H and O–H groups in total. The molecule has 2 heterocycles. The van der Waals surface area contributed by atoms with Gasteiger partial charge in [0, 0.05) is 18.1 Å². The highest BCUT2D eigenvalue weighted by Gasteiger charge is 2.54. The number of esters is 1. The maximum absolute atomic E-state index is 13.0. The molecule has 3 aliphatic rings. The van der Waals surface area contributed by atoms with Gasteiger partial charge in [-0.25, -0.2) is 4.79 Å². The highest BCUT2D eigenvalue weighted by molar-refractivity contribution is 8.00. The van der Waals surface area contributed by atoms with Crippen LogP contribution in [0.3, 0.4) is 0 Å². The number of allylic oxidation sites excluding steroid dienone is 3.